The average molecular weight is 418 g/mol. The van der Waals surface area contributed by atoms with Gasteiger partial charge in [-0.25, -0.2) is 4.79 Å². The maximum atomic E-state index is 12.4. The van der Waals surface area contributed by atoms with Crippen LogP contribution in [0.2, 0.25) is 0 Å². The van der Waals surface area contributed by atoms with Gasteiger partial charge in [0.1, 0.15) is 12.4 Å². The zero-order chi connectivity index (χ0) is 22.1. The Morgan fingerprint density at radius 1 is 0.806 bits per heavy atom. The van der Waals surface area contributed by atoms with E-state index in [4.69, 9.17) is 9.47 Å². The fourth-order valence-electron chi connectivity index (χ4n) is 3.22. The molecule has 0 radical (unpaired) electrons. The van der Waals surface area contributed by atoms with E-state index < -0.39 is 5.97 Å². The molecule has 31 heavy (non-hydrogen) atoms. The highest BCUT2D eigenvalue weighted by Crippen LogP contribution is 2.22. The lowest BCUT2D eigenvalue weighted by Crippen LogP contribution is -2.22. The summed E-state index contributed by atoms with van der Waals surface area (Å²) in [4.78, 5) is 24.6. The quantitative estimate of drug-likeness (QED) is 0.487. The summed E-state index contributed by atoms with van der Waals surface area (Å²) in [5, 5.41) is 2.89. The van der Waals surface area contributed by atoms with Crippen LogP contribution < -0.4 is 10.1 Å². The molecule has 0 spiro atoms. The Labute approximate surface area is 183 Å². The molecule has 0 saturated carbocycles. The number of hydrogen-bond acceptors (Lipinski definition) is 4. The molecule has 0 fully saturated rings. The zero-order valence-corrected chi connectivity index (χ0v) is 17.9. The van der Waals surface area contributed by atoms with Crippen molar-refractivity contribution in [3.63, 3.8) is 0 Å². The van der Waals surface area contributed by atoms with Crippen molar-refractivity contribution >= 4 is 17.6 Å². The summed E-state index contributed by atoms with van der Waals surface area (Å²) >= 11 is 0. The number of anilines is 1. The molecule has 160 valence electrons. The van der Waals surface area contributed by atoms with E-state index in [1.54, 1.807) is 24.3 Å². The Hall–Kier alpha value is -3.60. The molecule has 0 heterocycles. The molecule has 5 nitrogen and oxygen atoms in total. The number of nitrogens with one attached hydrogen (secondary N) is 1. The smallest absolute Gasteiger partial charge is 0.338 e. The molecule has 1 amide bonds. The highest BCUT2D eigenvalue weighted by molar-refractivity contribution is 5.96. The Balaban J connectivity index is 1.52. The predicted octanol–water partition coefficient (Wildman–Crippen LogP) is 5.19. The van der Waals surface area contributed by atoms with Gasteiger partial charge in [-0.3, -0.25) is 4.79 Å². The third-order valence-electron chi connectivity index (χ3n) is 4.94. The van der Waals surface area contributed by atoms with Gasteiger partial charge in [-0.15, -0.1) is 0 Å². The molecule has 5 heteroatoms. The molecule has 1 N–H and O–H groups in total. The number of aryl methyl sites for hydroxylation is 2. The first-order chi connectivity index (χ1) is 15.1. The number of esters is 1. The Morgan fingerprint density at radius 3 is 2.06 bits per heavy atom. The largest absolute Gasteiger partial charge is 0.489 e. The second-order valence-electron chi connectivity index (χ2n) is 7.08. The Kier molecular flexibility index (Phi) is 7.82. The third kappa shape index (κ3) is 6.19. The highest BCUT2D eigenvalue weighted by atomic mass is 16.5. The van der Waals surface area contributed by atoms with Crippen LogP contribution >= 0.6 is 0 Å². The second kappa shape index (κ2) is 11.0. The lowest BCUT2D eigenvalue weighted by Gasteiger charge is -2.14. The summed E-state index contributed by atoms with van der Waals surface area (Å²) in [6, 6.07) is 22.5. The van der Waals surface area contributed by atoms with E-state index in [2.05, 4.69) is 5.32 Å². The first-order valence-electron chi connectivity index (χ1n) is 10.4. The number of hydrogen-bond donors (Lipinski definition) is 1. The molecule has 0 unspecified atom stereocenters. The number of carbonyl (C=O) groups excluding carboxylic acids is 2. The fraction of sp³-hybridized carbons (Fsp3) is 0.231. The molecular formula is C26H27NO4. The van der Waals surface area contributed by atoms with Gasteiger partial charge in [-0.1, -0.05) is 62.4 Å². The van der Waals surface area contributed by atoms with Crippen molar-refractivity contribution in [2.24, 2.45) is 0 Å². The lowest BCUT2D eigenvalue weighted by atomic mass is 10.0. The van der Waals surface area contributed by atoms with E-state index in [0.29, 0.717) is 17.9 Å². The minimum absolute atomic E-state index is 0.341. The van der Waals surface area contributed by atoms with Gasteiger partial charge in [0.2, 0.25) is 0 Å². The minimum Gasteiger partial charge on any atom is -0.489 e. The number of rotatable bonds is 9. The molecule has 0 aromatic heterocycles. The topological polar surface area (TPSA) is 64.6 Å². The maximum Gasteiger partial charge on any atom is 0.338 e. The van der Waals surface area contributed by atoms with Crippen molar-refractivity contribution in [1.29, 1.82) is 0 Å². The molecule has 0 atom stereocenters. The number of benzene rings is 3. The van der Waals surface area contributed by atoms with Crippen LogP contribution in [0.5, 0.6) is 5.75 Å². The van der Waals surface area contributed by atoms with Crippen LogP contribution in [0.1, 0.15) is 40.9 Å². The predicted molar refractivity (Wildman–Crippen MR) is 121 cm³/mol. The summed E-state index contributed by atoms with van der Waals surface area (Å²) in [6.07, 6.45) is 1.61. The monoisotopic (exact) mass is 417 g/mol. The Morgan fingerprint density at radius 2 is 1.45 bits per heavy atom. The van der Waals surface area contributed by atoms with Gasteiger partial charge in [0.15, 0.2) is 6.61 Å². The maximum absolute atomic E-state index is 12.4. The Bertz CT molecular complexity index is 991. The van der Waals surface area contributed by atoms with Crippen molar-refractivity contribution in [2.75, 3.05) is 11.9 Å². The number of amides is 1. The van der Waals surface area contributed by atoms with E-state index in [1.165, 1.54) is 0 Å². The van der Waals surface area contributed by atoms with Gasteiger partial charge in [0.05, 0.1) is 5.56 Å². The molecule has 3 aromatic rings. The molecule has 3 aromatic carbocycles. The van der Waals surface area contributed by atoms with Crippen LogP contribution in [-0.4, -0.2) is 18.5 Å². The SMILES string of the molecule is CCc1cccc(CC)c1NC(=O)COC(=O)c1ccc(OCc2ccccc2)cc1. The highest BCUT2D eigenvalue weighted by Gasteiger charge is 2.13. The van der Waals surface area contributed by atoms with E-state index in [1.807, 2.05) is 62.4 Å². The summed E-state index contributed by atoms with van der Waals surface area (Å²) in [6.45, 7) is 4.19. The normalized spacial score (nSPS) is 10.4. The molecular weight excluding hydrogens is 390 g/mol. The standard InChI is InChI=1S/C26H27NO4/c1-3-20-11-8-12-21(4-2)25(20)27-24(28)18-31-26(29)22-13-15-23(16-14-22)30-17-19-9-6-5-7-10-19/h5-16H,3-4,17-18H2,1-2H3,(H,27,28). The van der Waals surface area contributed by atoms with Crippen molar-refractivity contribution in [3.8, 4) is 5.75 Å². The van der Waals surface area contributed by atoms with Crippen LogP contribution in [0.3, 0.4) is 0 Å². The van der Waals surface area contributed by atoms with Crippen molar-refractivity contribution in [2.45, 2.75) is 33.3 Å². The first-order valence-corrected chi connectivity index (χ1v) is 10.4. The van der Waals surface area contributed by atoms with Gasteiger partial charge in [0, 0.05) is 5.69 Å². The van der Waals surface area contributed by atoms with Crippen molar-refractivity contribution < 1.29 is 19.1 Å². The summed E-state index contributed by atoms with van der Waals surface area (Å²) in [5.41, 5.74) is 4.36. The van der Waals surface area contributed by atoms with Crippen LogP contribution in [-0.2, 0) is 29.0 Å². The molecule has 0 saturated heterocycles. The van der Waals surface area contributed by atoms with E-state index in [-0.39, 0.29) is 12.5 Å². The zero-order valence-electron chi connectivity index (χ0n) is 17.9. The van der Waals surface area contributed by atoms with Gasteiger partial charge in [0.25, 0.3) is 5.91 Å². The van der Waals surface area contributed by atoms with Gasteiger partial charge < -0.3 is 14.8 Å². The van der Waals surface area contributed by atoms with Gasteiger partial charge in [-0.2, -0.15) is 0 Å². The van der Waals surface area contributed by atoms with E-state index in [0.717, 1.165) is 35.2 Å². The second-order valence-corrected chi connectivity index (χ2v) is 7.08. The van der Waals surface area contributed by atoms with Crippen LogP contribution in [0.4, 0.5) is 5.69 Å². The van der Waals surface area contributed by atoms with Crippen molar-refractivity contribution in [3.05, 3.63) is 95.1 Å². The average Bonchev–Trinajstić information content (AvgIpc) is 2.82. The third-order valence-corrected chi connectivity index (χ3v) is 4.94. The molecule has 0 aliphatic rings. The first kappa shape index (κ1) is 22.1. The number of ether oxygens (including phenoxy) is 2. The van der Waals surface area contributed by atoms with E-state index in [9.17, 15) is 9.59 Å². The van der Waals surface area contributed by atoms with Crippen LogP contribution in [0.25, 0.3) is 0 Å². The van der Waals surface area contributed by atoms with Gasteiger partial charge in [-0.05, 0) is 53.8 Å². The van der Waals surface area contributed by atoms with Crippen molar-refractivity contribution in [1.82, 2.24) is 0 Å². The summed E-state index contributed by atoms with van der Waals surface area (Å²) in [7, 11) is 0. The van der Waals surface area contributed by atoms with Crippen LogP contribution in [0, 0.1) is 0 Å². The van der Waals surface area contributed by atoms with Crippen LogP contribution in [0.15, 0.2) is 72.8 Å². The van der Waals surface area contributed by atoms with E-state index >= 15 is 0 Å². The minimum atomic E-state index is -0.552. The fourth-order valence-corrected chi connectivity index (χ4v) is 3.22. The lowest BCUT2D eigenvalue weighted by molar-refractivity contribution is -0.119. The summed E-state index contributed by atoms with van der Waals surface area (Å²) in [5.74, 6) is -0.252. The molecule has 3 rings (SSSR count). The number of carbonyl (C=O) groups is 2. The summed E-state index contributed by atoms with van der Waals surface area (Å²) < 4.78 is 10.9. The van der Waals surface area contributed by atoms with Gasteiger partial charge >= 0.3 is 5.97 Å². The molecule has 0 aliphatic carbocycles. The molecule has 0 bridgehead atoms. The number of para-hydroxylation sites is 1. The molecule has 0 aliphatic heterocycles.